The maximum absolute atomic E-state index is 13.7. The molecule has 2 aromatic carbocycles. The minimum atomic E-state index is -0.138. The predicted octanol–water partition coefficient (Wildman–Crippen LogP) is 5.15. The van der Waals surface area contributed by atoms with Crippen molar-refractivity contribution in [1.29, 1.82) is 0 Å². The van der Waals surface area contributed by atoms with Crippen molar-refractivity contribution in [2.75, 3.05) is 11.1 Å². The fourth-order valence-corrected chi connectivity index (χ4v) is 2.93. The Kier molecular flexibility index (Phi) is 5.88. The number of halogens is 1. The van der Waals surface area contributed by atoms with Crippen LogP contribution in [0.25, 0.3) is 0 Å². The molecular weight excluding hydrogens is 281 g/mol. The van der Waals surface area contributed by atoms with Gasteiger partial charge in [-0.3, -0.25) is 0 Å². The van der Waals surface area contributed by atoms with Crippen LogP contribution in [0, 0.1) is 5.82 Å². The molecule has 0 fully saturated rings. The van der Waals surface area contributed by atoms with Gasteiger partial charge in [0.15, 0.2) is 0 Å². The molecule has 110 valence electrons. The largest absolute Gasteiger partial charge is 0.381 e. The van der Waals surface area contributed by atoms with Gasteiger partial charge in [0.2, 0.25) is 0 Å². The van der Waals surface area contributed by atoms with Gasteiger partial charge in [-0.2, -0.15) is 0 Å². The summed E-state index contributed by atoms with van der Waals surface area (Å²) in [6.45, 7) is 5.82. The lowest BCUT2D eigenvalue weighted by Gasteiger charge is -2.18. The Bertz CT molecular complexity index is 597. The normalized spacial score (nSPS) is 11.9. The summed E-state index contributed by atoms with van der Waals surface area (Å²) in [5, 5.41) is 3.47. The van der Waals surface area contributed by atoms with Crippen LogP contribution in [0.4, 0.5) is 10.1 Å². The van der Waals surface area contributed by atoms with Gasteiger partial charge in [0.05, 0.1) is 0 Å². The number of hydrogen-bond acceptors (Lipinski definition) is 2. The molecule has 0 aliphatic heterocycles. The van der Waals surface area contributed by atoms with Gasteiger partial charge in [-0.15, -0.1) is 18.3 Å². The smallest absolute Gasteiger partial charge is 0.126 e. The van der Waals surface area contributed by atoms with Crippen LogP contribution in [-0.2, 0) is 6.42 Å². The van der Waals surface area contributed by atoms with Crippen LogP contribution in [0.3, 0.4) is 0 Å². The van der Waals surface area contributed by atoms with Crippen molar-refractivity contribution in [3.05, 3.63) is 72.6 Å². The zero-order valence-corrected chi connectivity index (χ0v) is 13.0. The molecule has 0 saturated heterocycles. The summed E-state index contributed by atoms with van der Waals surface area (Å²) in [5.41, 5.74) is 1.84. The third-order valence-corrected chi connectivity index (χ3v) is 4.20. The molecule has 1 atom stereocenters. The molecule has 0 aliphatic rings. The van der Waals surface area contributed by atoms with E-state index < -0.39 is 0 Å². The van der Waals surface area contributed by atoms with E-state index in [0.29, 0.717) is 6.42 Å². The topological polar surface area (TPSA) is 12.0 Å². The summed E-state index contributed by atoms with van der Waals surface area (Å²) in [6.07, 6.45) is 2.55. The standard InChI is InChI=1S/C18H20FNS/c1-3-12-21-18-11-7-6-10-17(18)20-14(2)13-15-8-4-5-9-16(15)19/h3-11,14,20H,1,12-13H2,2H3. The molecular formula is C18H20FNS. The molecule has 3 heteroatoms. The molecule has 0 radical (unpaired) electrons. The summed E-state index contributed by atoms with van der Waals surface area (Å²) >= 11 is 1.74. The van der Waals surface area contributed by atoms with Crippen molar-refractivity contribution in [3.8, 4) is 0 Å². The Balaban J connectivity index is 2.04. The summed E-state index contributed by atoms with van der Waals surface area (Å²) in [5.74, 6) is 0.737. The second-order valence-electron chi connectivity index (χ2n) is 4.94. The van der Waals surface area contributed by atoms with Gasteiger partial charge in [-0.1, -0.05) is 36.4 Å². The molecule has 0 saturated carbocycles. The number of para-hydroxylation sites is 1. The molecule has 21 heavy (non-hydrogen) atoms. The average molecular weight is 301 g/mol. The summed E-state index contributed by atoms with van der Waals surface area (Å²) in [4.78, 5) is 1.19. The number of rotatable bonds is 7. The Morgan fingerprint density at radius 3 is 2.67 bits per heavy atom. The van der Waals surface area contributed by atoms with Crippen LogP contribution in [0.5, 0.6) is 0 Å². The fraction of sp³-hybridized carbons (Fsp3) is 0.222. The van der Waals surface area contributed by atoms with E-state index >= 15 is 0 Å². The van der Waals surface area contributed by atoms with E-state index in [4.69, 9.17) is 0 Å². The van der Waals surface area contributed by atoms with Gasteiger partial charge in [0.25, 0.3) is 0 Å². The Labute approximate surface area is 130 Å². The van der Waals surface area contributed by atoms with Crippen LogP contribution >= 0.6 is 11.8 Å². The lowest BCUT2D eigenvalue weighted by molar-refractivity contribution is 0.601. The highest BCUT2D eigenvalue weighted by molar-refractivity contribution is 7.99. The van der Waals surface area contributed by atoms with E-state index in [0.717, 1.165) is 17.0 Å². The molecule has 0 bridgehead atoms. The highest BCUT2D eigenvalue weighted by Crippen LogP contribution is 2.27. The quantitative estimate of drug-likeness (QED) is 0.561. The molecule has 0 aromatic heterocycles. The van der Waals surface area contributed by atoms with E-state index in [2.05, 4.69) is 31.0 Å². The third-order valence-electron chi connectivity index (χ3n) is 3.13. The summed E-state index contributed by atoms with van der Waals surface area (Å²) in [6, 6.07) is 15.3. The molecule has 0 spiro atoms. The maximum Gasteiger partial charge on any atom is 0.126 e. The predicted molar refractivity (Wildman–Crippen MR) is 90.6 cm³/mol. The van der Waals surface area contributed by atoms with E-state index in [1.807, 2.05) is 30.3 Å². The minimum Gasteiger partial charge on any atom is -0.381 e. The molecule has 2 aromatic rings. The third kappa shape index (κ3) is 4.64. The van der Waals surface area contributed by atoms with Gasteiger partial charge >= 0.3 is 0 Å². The molecule has 0 heterocycles. The average Bonchev–Trinajstić information content (AvgIpc) is 2.49. The molecule has 2 rings (SSSR count). The monoisotopic (exact) mass is 301 g/mol. The molecule has 1 nitrogen and oxygen atoms in total. The highest BCUT2D eigenvalue weighted by atomic mass is 32.2. The first kappa shape index (κ1) is 15.6. The van der Waals surface area contributed by atoms with Crippen molar-refractivity contribution in [2.24, 2.45) is 0 Å². The van der Waals surface area contributed by atoms with Gasteiger partial charge in [0, 0.05) is 22.4 Å². The van der Waals surface area contributed by atoms with Gasteiger partial charge < -0.3 is 5.32 Å². The summed E-state index contributed by atoms with van der Waals surface area (Å²) in [7, 11) is 0. The lowest BCUT2D eigenvalue weighted by atomic mass is 10.1. The molecule has 1 N–H and O–H groups in total. The van der Waals surface area contributed by atoms with Crippen molar-refractivity contribution >= 4 is 17.4 Å². The highest BCUT2D eigenvalue weighted by Gasteiger charge is 2.09. The van der Waals surface area contributed by atoms with E-state index in [1.165, 1.54) is 11.0 Å². The Morgan fingerprint density at radius 1 is 1.19 bits per heavy atom. The summed E-state index contributed by atoms with van der Waals surface area (Å²) < 4.78 is 13.7. The second-order valence-corrected chi connectivity index (χ2v) is 6.00. The number of hydrogen-bond donors (Lipinski definition) is 1. The SMILES string of the molecule is C=CCSc1ccccc1NC(C)Cc1ccccc1F. The second kappa shape index (κ2) is 7.89. The van der Waals surface area contributed by atoms with E-state index in [9.17, 15) is 4.39 Å². The minimum absolute atomic E-state index is 0.138. The zero-order chi connectivity index (χ0) is 15.1. The molecule has 0 aliphatic carbocycles. The Morgan fingerprint density at radius 2 is 1.90 bits per heavy atom. The molecule has 0 amide bonds. The zero-order valence-electron chi connectivity index (χ0n) is 12.2. The van der Waals surface area contributed by atoms with Crippen molar-refractivity contribution in [3.63, 3.8) is 0 Å². The first-order valence-electron chi connectivity index (χ1n) is 7.03. The van der Waals surface area contributed by atoms with Crippen molar-refractivity contribution in [1.82, 2.24) is 0 Å². The Hall–Kier alpha value is -1.74. The number of benzene rings is 2. The lowest BCUT2D eigenvalue weighted by Crippen LogP contribution is -2.19. The van der Waals surface area contributed by atoms with Crippen LogP contribution in [0.15, 0.2) is 66.1 Å². The molecule has 1 unspecified atom stereocenters. The fourth-order valence-electron chi connectivity index (χ4n) is 2.17. The van der Waals surface area contributed by atoms with Crippen LogP contribution in [0.2, 0.25) is 0 Å². The van der Waals surface area contributed by atoms with Crippen LogP contribution < -0.4 is 5.32 Å². The van der Waals surface area contributed by atoms with Gasteiger partial charge in [-0.25, -0.2) is 4.39 Å². The van der Waals surface area contributed by atoms with Crippen molar-refractivity contribution < 1.29 is 4.39 Å². The van der Waals surface area contributed by atoms with Gasteiger partial charge in [0.1, 0.15) is 5.82 Å². The maximum atomic E-state index is 13.7. The van der Waals surface area contributed by atoms with Crippen LogP contribution in [0.1, 0.15) is 12.5 Å². The first-order chi connectivity index (χ1) is 10.2. The van der Waals surface area contributed by atoms with Crippen LogP contribution in [-0.4, -0.2) is 11.8 Å². The van der Waals surface area contributed by atoms with E-state index in [1.54, 1.807) is 17.8 Å². The van der Waals surface area contributed by atoms with E-state index in [-0.39, 0.29) is 11.9 Å². The van der Waals surface area contributed by atoms with Gasteiger partial charge in [-0.05, 0) is 37.1 Å². The number of nitrogens with one attached hydrogen (secondary N) is 1. The number of anilines is 1. The van der Waals surface area contributed by atoms with Crippen molar-refractivity contribution in [2.45, 2.75) is 24.3 Å². The first-order valence-corrected chi connectivity index (χ1v) is 8.02. The number of thioether (sulfide) groups is 1.